The molecule has 0 saturated carbocycles. The van der Waals surface area contributed by atoms with Crippen molar-refractivity contribution in [3.63, 3.8) is 0 Å². The van der Waals surface area contributed by atoms with Crippen LogP contribution >= 0.6 is 11.8 Å². The Morgan fingerprint density at radius 3 is 2.79 bits per heavy atom. The zero-order valence-electron chi connectivity index (χ0n) is 12.9. The van der Waals surface area contributed by atoms with Crippen LogP contribution in [0.2, 0.25) is 0 Å². The van der Waals surface area contributed by atoms with Gasteiger partial charge in [0.2, 0.25) is 0 Å². The fourth-order valence-corrected chi connectivity index (χ4v) is 3.18. The van der Waals surface area contributed by atoms with E-state index in [2.05, 4.69) is 4.98 Å². The number of Topliss-reactive ketones (excluding diaryl/α,β-unsaturated/α-hetero) is 1. The number of ketones is 1. The molecule has 0 aliphatic rings. The maximum Gasteiger partial charge on any atom is 0.176 e. The van der Waals surface area contributed by atoms with Gasteiger partial charge in [0.25, 0.3) is 0 Å². The molecule has 1 aromatic heterocycles. The fraction of sp³-hybridized carbons (Fsp3) is 0.111. The van der Waals surface area contributed by atoms with E-state index in [1.165, 1.54) is 11.8 Å². The zero-order valence-corrected chi connectivity index (χ0v) is 13.7. The van der Waals surface area contributed by atoms with Crippen LogP contribution in [0.15, 0.2) is 60.0 Å². The quantitative estimate of drug-likeness (QED) is 0.507. The normalized spacial score (nSPS) is 10.8. The molecule has 0 N–H and O–H groups in total. The molecule has 0 unspecified atom stereocenters. The summed E-state index contributed by atoms with van der Waals surface area (Å²) in [5.74, 6) is -1.85. The second-order valence-electron chi connectivity index (χ2n) is 5.20. The highest BCUT2D eigenvalue weighted by molar-refractivity contribution is 7.99. The van der Waals surface area contributed by atoms with E-state index in [1.54, 1.807) is 12.4 Å². The second-order valence-corrected chi connectivity index (χ2v) is 6.14. The van der Waals surface area contributed by atoms with Crippen molar-refractivity contribution in [3.05, 3.63) is 77.6 Å². The summed E-state index contributed by atoms with van der Waals surface area (Å²) >= 11 is 1.19. The van der Waals surface area contributed by atoms with E-state index in [4.69, 9.17) is 0 Å². The number of halogens is 2. The molecule has 2 aromatic carbocycles. The van der Waals surface area contributed by atoms with E-state index in [9.17, 15) is 13.6 Å². The Morgan fingerprint density at radius 2 is 2.00 bits per heavy atom. The number of para-hydroxylation sites is 1. The molecule has 6 heteroatoms. The molecule has 0 atom stereocenters. The molecular formula is C18H14F2N2OS. The molecule has 0 aliphatic carbocycles. The summed E-state index contributed by atoms with van der Waals surface area (Å²) in [6, 6.07) is 10.7. The number of aryl methyl sites for hydroxylation is 1. The third-order valence-corrected chi connectivity index (χ3v) is 4.51. The molecule has 3 nitrogen and oxygen atoms in total. The molecule has 0 fully saturated rings. The molecular weight excluding hydrogens is 330 g/mol. The van der Waals surface area contributed by atoms with Crippen molar-refractivity contribution in [3.8, 4) is 5.69 Å². The minimum atomic E-state index is -0.718. The van der Waals surface area contributed by atoms with Crippen molar-refractivity contribution in [2.45, 2.75) is 12.1 Å². The number of nitrogens with zero attached hydrogens (tertiary/aromatic N) is 2. The lowest BCUT2D eigenvalue weighted by atomic mass is 10.1. The monoisotopic (exact) mass is 344 g/mol. The van der Waals surface area contributed by atoms with Gasteiger partial charge in [0.1, 0.15) is 11.6 Å². The molecule has 0 radical (unpaired) electrons. The summed E-state index contributed by atoms with van der Waals surface area (Å²) in [7, 11) is 0. The lowest BCUT2D eigenvalue weighted by molar-refractivity contribution is 0.101. The first-order valence-corrected chi connectivity index (χ1v) is 8.25. The summed E-state index contributed by atoms with van der Waals surface area (Å²) < 4.78 is 28.7. The van der Waals surface area contributed by atoms with Crippen molar-refractivity contribution in [2.75, 3.05) is 5.75 Å². The standard InChI is InChI=1S/C18H14F2N2OS/c1-12-4-2-3-5-16(12)22-9-8-21-18(22)24-11-17(23)14-10-13(19)6-7-15(14)20/h2-10H,11H2,1H3. The van der Waals surface area contributed by atoms with Crippen molar-refractivity contribution < 1.29 is 13.6 Å². The summed E-state index contributed by atoms with van der Waals surface area (Å²) in [5.41, 5.74) is 1.79. The first-order valence-electron chi connectivity index (χ1n) is 7.26. The van der Waals surface area contributed by atoms with Gasteiger partial charge in [-0.05, 0) is 36.8 Å². The molecule has 0 amide bonds. The van der Waals surface area contributed by atoms with Crippen molar-refractivity contribution in [1.82, 2.24) is 9.55 Å². The molecule has 3 rings (SSSR count). The summed E-state index contributed by atoms with van der Waals surface area (Å²) in [6.45, 7) is 1.98. The van der Waals surface area contributed by atoms with E-state index in [0.29, 0.717) is 5.16 Å². The van der Waals surface area contributed by atoms with Gasteiger partial charge in [-0.25, -0.2) is 13.8 Å². The van der Waals surface area contributed by atoms with Gasteiger partial charge in [-0.1, -0.05) is 30.0 Å². The molecule has 0 bridgehead atoms. The lowest BCUT2D eigenvalue weighted by Gasteiger charge is -2.10. The van der Waals surface area contributed by atoms with E-state index in [-0.39, 0.29) is 11.3 Å². The predicted molar refractivity (Wildman–Crippen MR) is 89.7 cm³/mol. The van der Waals surface area contributed by atoms with Crippen LogP contribution in [0.4, 0.5) is 8.78 Å². The first kappa shape index (κ1) is 16.4. The Labute approximate surface area is 142 Å². The van der Waals surface area contributed by atoms with Gasteiger partial charge in [0, 0.05) is 12.4 Å². The van der Waals surface area contributed by atoms with Gasteiger partial charge < -0.3 is 0 Å². The van der Waals surface area contributed by atoms with Crippen LogP contribution in [0, 0.1) is 18.6 Å². The average molecular weight is 344 g/mol. The number of carbonyl (C=O) groups is 1. The SMILES string of the molecule is Cc1ccccc1-n1ccnc1SCC(=O)c1cc(F)ccc1F. The number of aromatic nitrogens is 2. The highest BCUT2D eigenvalue weighted by atomic mass is 32.2. The van der Waals surface area contributed by atoms with Crippen LogP contribution < -0.4 is 0 Å². The third kappa shape index (κ3) is 3.38. The summed E-state index contributed by atoms with van der Waals surface area (Å²) in [6.07, 6.45) is 3.44. The maximum atomic E-state index is 13.7. The first-order chi connectivity index (χ1) is 11.6. The van der Waals surface area contributed by atoms with Gasteiger partial charge in [-0.15, -0.1) is 0 Å². The highest BCUT2D eigenvalue weighted by Crippen LogP contribution is 2.24. The van der Waals surface area contributed by atoms with Gasteiger partial charge in [-0.2, -0.15) is 0 Å². The van der Waals surface area contributed by atoms with E-state index < -0.39 is 17.4 Å². The number of carbonyl (C=O) groups excluding carboxylic acids is 1. The highest BCUT2D eigenvalue weighted by Gasteiger charge is 2.15. The third-order valence-electron chi connectivity index (χ3n) is 3.54. The topological polar surface area (TPSA) is 34.9 Å². The van der Waals surface area contributed by atoms with Crippen LogP contribution in [0.5, 0.6) is 0 Å². The Morgan fingerprint density at radius 1 is 1.21 bits per heavy atom. The number of rotatable bonds is 5. The molecule has 0 spiro atoms. The van der Waals surface area contributed by atoms with Crippen molar-refractivity contribution in [2.24, 2.45) is 0 Å². The Bertz CT molecular complexity index is 892. The second kappa shape index (κ2) is 6.97. The zero-order chi connectivity index (χ0) is 17.1. The van der Waals surface area contributed by atoms with Gasteiger partial charge >= 0.3 is 0 Å². The predicted octanol–water partition coefficient (Wildman–Crippen LogP) is 4.43. The van der Waals surface area contributed by atoms with Gasteiger partial charge in [-0.3, -0.25) is 9.36 Å². The van der Waals surface area contributed by atoms with Crippen LogP contribution in [0.3, 0.4) is 0 Å². The molecule has 3 aromatic rings. The summed E-state index contributed by atoms with van der Waals surface area (Å²) in [5, 5.41) is 0.620. The number of thioether (sulfide) groups is 1. The number of imidazole rings is 1. The molecule has 0 saturated heterocycles. The van der Waals surface area contributed by atoms with Crippen molar-refractivity contribution in [1.29, 1.82) is 0 Å². The molecule has 1 heterocycles. The lowest BCUT2D eigenvalue weighted by Crippen LogP contribution is -2.07. The Hall–Kier alpha value is -2.47. The minimum absolute atomic E-state index is 0.0245. The van der Waals surface area contributed by atoms with E-state index in [0.717, 1.165) is 29.4 Å². The average Bonchev–Trinajstić information content (AvgIpc) is 3.03. The van der Waals surface area contributed by atoms with Crippen LogP contribution in [0.25, 0.3) is 5.69 Å². The number of hydrogen-bond donors (Lipinski definition) is 0. The summed E-state index contributed by atoms with van der Waals surface area (Å²) in [4.78, 5) is 16.4. The van der Waals surface area contributed by atoms with Gasteiger partial charge in [0.05, 0.1) is 17.0 Å². The Kier molecular flexibility index (Phi) is 4.76. The van der Waals surface area contributed by atoms with Crippen LogP contribution in [-0.4, -0.2) is 21.1 Å². The largest absolute Gasteiger partial charge is 0.295 e. The Balaban J connectivity index is 1.79. The number of benzene rings is 2. The van der Waals surface area contributed by atoms with E-state index in [1.807, 2.05) is 35.8 Å². The smallest absolute Gasteiger partial charge is 0.176 e. The molecule has 122 valence electrons. The van der Waals surface area contributed by atoms with E-state index >= 15 is 0 Å². The van der Waals surface area contributed by atoms with Gasteiger partial charge in [0.15, 0.2) is 10.9 Å². The fourth-order valence-electron chi connectivity index (χ4n) is 2.33. The molecule has 0 aliphatic heterocycles. The number of hydrogen-bond acceptors (Lipinski definition) is 3. The van der Waals surface area contributed by atoms with Crippen molar-refractivity contribution >= 4 is 17.5 Å². The van der Waals surface area contributed by atoms with Crippen LogP contribution in [0.1, 0.15) is 15.9 Å². The minimum Gasteiger partial charge on any atom is -0.295 e. The van der Waals surface area contributed by atoms with Crippen LogP contribution in [-0.2, 0) is 0 Å². The maximum absolute atomic E-state index is 13.7. The molecule has 24 heavy (non-hydrogen) atoms.